The van der Waals surface area contributed by atoms with E-state index in [-0.39, 0.29) is 5.56 Å². The molecule has 6 heteroatoms. The van der Waals surface area contributed by atoms with Crippen LogP contribution in [0.2, 0.25) is 0 Å². The van der Waals surface area contributed by atoms with E-state index in [4.69, 9.17) is 10.6 Å². The SMILES string of the molecule is CCOc1ccc(-c2ccc(C(=O)NN)c(=O)[nH]2)cc1. The van der Waals surface area contributed by atoms with Gasteiger partial charge in [-0.1, -0.05) is 0 Å². The molecule has 0 aliphatic carbocycles. The van der Waals surface area contributed by atoms with Crippen molar-refractivity contribution < 1.29 is 9.53 Å². The van der Waals surface area contributed by atoms with E-state index >= 15 is 0 Å². The fraction of sp³-hybridized carbons (Fsp3) is 0.143. The van der Waals surface area contributed by atoms with Crippen molar-refractivity contribution in [3.63, 3.8) is 0 Å². The number of ether oxygens (including phenoxy) is 1. The highest BCUT2D eigenvalue weighted by Crippen LogP contribution is 2.20. The number of hydrazine groups is 1. The lowest BCUT2D eigenvalue weighted by Crippen LogP contribution is -2.34. The Morgan fingerprint density at radius 2 is 1.95 bits per heavy atom. The maximum absolute atomic E-state index is 11.8. The Hall–Kier alpha value is -2.60. The molecule has 0 spiro atoms. The fourth-order valence-electron chi connectivity index (χ4n) is 1.80. The maximum atomic E-state index is 11.8. The lowest BCUT2D eigenvalue weighted by Gasteiger charge is -2.06. The van der Waals surface area contributed by atoms with Crippen molar-refractivity contribution in [3.05, 3.63) is 52.3 Å². The molecule has 0 atom stereocenters. The quantitative estimate of drug-likeness (QED) is 0.440. The third kappa shape index (κ3) is 2.86. The first-order valence-electron chi connectivity index (χ1n) is 6.13. The van der Waals surface area contributed by atoms with E-state index in [0.29, 0.717) is 12.3 Å². The predicted molar refractivity (Wildman–Crippen MR) is 75.3 cm³/mol. The van der Waals surface area contributed by atoms with Crippen molar-refractivity contribution in [1.29, 1.82) is 0 Å². The zero-order valence-corrected chi connectivity index (χ0v) is 11.0. The number of nitrogens with one attached hydrogen (secondary N) is 2. The Labute approximate surface area is 115 Å². The Morgan fingerprint density at radius 3 is 2.50 bits per heavy atom. The molecule has 0 bridgehead atoms. The van der Waals surface area contributed by atoms with E-state index in [0.717, 1.165) is 11.3 Å². The van der Waals surface area contributed by atoms with Crippen molar-refractivity contribution in [2.24, 2.45) is 5.84 Å². The summed E-state index contributed by atoms with van der Waals surface area (Å²) in [5.74, 6) is 5.14. The number of hydrogen-bond acceptors (Lipinski definition) is 4. The number of nitrogens with two attached hydrogens (primary N) is 1. The van der Waals surface area contributed by atoms with E-state index in [1.165, 1.54) is 6.07 Å². The molecule has 2 aromatic rings. The first kappa shape index (κ1) is 13.8. The summed E-state index contributed by atoms with van der Waals surface area (Å²) in [6.45, 7) is 2.51. The molecule has 2 rings (SSSR count). The van der Waals surface area contributed by atoms with Crippen LogP contribution in [-0.4, -0.2) is 17.5 Å². The molecule has 0 aliphatic rings. The molecule has 1 heterocycles. The van der Waals surface area contributed by atoms with Crippen LogP contribution < -0.4 is 21.6 Å². The lowest BCUT2D eigenvalue weighted by atomic mass is 10.1. The normalized spacial score (nSPS) is 10.1. The Kier molecular flexibility index (Phi) is 4.17. The third-order valence-electron chi connectivity index (χ3n) is 2.76. The summed E-state index contributed by atoms with van der Waals surface area (Å²) in [5.41, 5.74) is 2.86. The zero-order chi connectivity index (χ0) is 14.5. The second kappa shape index (κ2) is 6.03. The number of H-pyrrole nitrogens is 1. The van der Waals surface area contributed by atoms with Crippen LogP contribution >= 0.6 is 0 Å². The standard InChI is InChI=1S/C14H15N3O3/c1-2-20-10-5-3-9(4-6-10)12-8-7-11(13(18)16-12)14(19)17-15/h3-8H,2,15H2,1H3,(H,16,18)(H,17,19). The molecule has 0 saturated heterocycles. The summed E-state index contributed by atoms with van der Waals surface area (Å²) in [5, 5.41) is 0. The van der Waals surface area contributed by atoms with Crippen LogP contribution in [-0.2, 0) is 0 Å². The van der Waals surface area contributed by atoms with Crippen molar-refractivity contribution in [2.45, 2.75) is 6.92 Å². The summed E-state index contributed by atoms with van der Waals surface area (Å²) in [6, 6.07) is 10.4. The lowest BCUT2D eigenvalue weighted by molar-refractivity contribution is 0.0952. The number of nitrogen functional groups attached to an aromatic ring is 1. The summed E-state index contributed by atoms with van der Waals surface area (Å²) < 4.78 is 5.35. The molecule has 1 aromatic heterocycles. The van der Waals surface area contributed by atoms with Crippen LogP contribution in [0.25, 0.3) is 11.3 Å². The molecule has 0 aliphatic heterocycles. The van der Waals surface area contributed by atoms with E-state index in [1.54, 1.807) is 6.07 Å². The first-order chi connectivity index (χ1) is 9.65. The minimum absolute atomic E-state index is 0.0258. The van der Waals surface area contributed by atoms with Gasteiger partial charge in [-0.05, 0) is 48.9 Å². The highest BCUT2D eigenvalue weighted by atomic mass is 16.5. The van der Waals surface area contributed by atoms with Crippen molar-refractivity contribution in [2.75, 3.05) is 6.61 Å². The molecule has 6 nitrogen and oxygen atoms in total. The van der Waals surface area contributed by atoms with E-state index < -0.39 is 11.5 Å². The van der Waals surface area contributed by atoms with Gasteiger partial charge in [0.05, 0.1) is 6.61 Å². The molecule has 0 unspecified atom stereocenters. The number of pyridine rings is 1. The molecule has 0 fully saturated rings. The maximum Gasteiger partial charge on any atom is 0.270 e. The average Bonchev–Trinajstić information content (AvgIpc) is 2.47. The van der Waals surface area contributed by atoms with Crippen molar-refractivity contribution in [3.8, 4) is 17.0 Å². The second-order valence-corrected chi connectivity index (χ2v) is 4.05. The van der Waals surface area contributed by atoms with Crippen molar-refractivity contribution >= 4 is 5.91 Å². The summed E-state index contributed by atoms with van der Waals surface area (Å²) >= 11 is 0. The molecular formula is C14H15N3O3. The largest absolute Gasteiger partial charge is 0.494 e. The van der Waals surface area contributed by atoms with Crippen LogP contribution in [0.15, 0.2) is 41.2 Å². The highest BCUT2D eigenvalue weighted by molar-refractivity contribution is 5.93. The number of carbonyl (C=O) groups is 1. The highest BCUT2D eigenvalue weighted by Gasteiger charge is 2.09. The fourth-order valence-corrected chi connectivity index (χ4v) is 1.80. The molecule has 1 amide bonds. The number of aromatic amines is 1. The molecule has 20 heavy (non-hydrogen) atoms. The van der Waals surface area contributed by atoms with Gasteiger partial charge in [0.1, 0.15) is 11.3 Å². The number of carbonyl (C=O) groups excluding carboxylic acids is 1. The summed E-state index contributed by atoms with van der Waals surface area (Å²) in [4.78, 5) is 25.8. The first-order valence-corrected chi connectivity index (χ1v) is 6.13. The van der Waals surface area contributed by atoms with Gasteiger partial charge in [0.15, 0.2) is 0 Å². The van der Waals surface area contributed by atoms with Gasteiger partial charge in [-0.2, -0.15) is 0 Å². The van der Waals surface area contributed by atoms with Crippen LogP contribution in [0.5, 0.6) is 5.75 Å². The number of hydrogen-bond donors (Lipinski definition) is 3. The number of benzene rings is 1. The van der Waals surface area contributed by atoms with Gasteiger partial charge in [-0.3, -0.25) is 15.0 Å². The summed E-state index contributed by atoms with van der Waals surface area (Å²) in [7, 11) is 0. The molecular weight excluding hydrogens is 258 g/mol. The van der Waals surface area contributed by atoms with Gasteiger partial charge >= 0.3 is 0 Å². The van der Waals surface area contributed by atoms with Crippen LogP contribution in [0.1, 0.15) is 17.3 Å². The zero-order valence-electron chi connectivity index (χ0n) is 11.0. The van der Waals surface area contributed by atoms with Crippen molar-refractivity contribution in [1.82, 2.24) is 10.4 Å². The number of amides is 1. The van der Waals surface area contributed by atoms with Gasteiger partial charge in [0.2, 0.25) is 0 Å². The number of aromatic nitrogens is 1. The van der Waals surface area contributed by atoms with Crippen LogP contribution in [0, 0.1) is 0 Å². The average molecular weight is 273 g/mol. The van der Waals surface area contributed by atoms with Gasteiger partial charge < -0.3 is 9.72 Å². The number of rotatable bonds is 4. The smallest absolute Gasteiger partial charge is 0.270 e. The molecule has 0 saturated carbocycles. The minimum atomic E-state index is -0.621. The molecule has 104 valence electrons. The van der Waals surface area contributed by atoms with Gasteiger partial charge in [-0.15, -0.1) is 0 Å². The third-order valence-corrected chi connectivity index (χ3v) is 2.76. The van der Waals surface area contributed by atoms with Gasteiger partial charge in [-0.25, -0.2) is 5.84 Å². The predicted octanol–water partition coefficient (Wildman–Crippen LogP) is 1.04. The minimum Gasteiger partial charge on any atom is -0.494 e. The van der Waals surface area contributed by atoms with E-state index in [2.05, 4.69) is 4.98 Å². The van der Waals surface area contributed by atoms with E-state index in [1.807, 2.05) is 36.6 Å². The topological polar surface area (TPSA) is 97.2 Å². The van der Waals surface area contributed by atoms with Crippen LogP contribution in [0.3, 0.4) is 0 Å². The van der Waals surface area contributed by atoms with E-state index in [9.17, 15) is 9.59 Å². The molecule has 4 N–H and O–H groups in total. The van der Waals surface area contributed by atoms with Gasteiger partial charge in [0.25, 0.3) is 11.5 Å². The summed E-state index contributed by atoms with van der Waals surface area (Å²) in [6.07, 6.45) is 0. The Balaban J connectivity index is 2.32. The Morgan fingerprint density at radius 1 is 1.25 bits per heavy atom. The monoisotopic (exact) mass is 273 g/mol. The molecule has 0 radical (unpaired) electrons. The second-order valence-electron chi connectivity index (χ2n) is 4.05. The van der Waals surface area contributed by atoms with Crippen LogP contribution in [0.4, 0.5) is 0 Å². The molecule has 1 aromatic carbocycles. The Bertz CT molecular complexity index is 662. The van der Waals surface area contributed by atoms with Gasteiger partial charge in [0, 0.05) is 5.69 Å².